The van der Waals surface area contributed by atoms with Gasteiger partial charge in [0.25, 0.3) is 0 Å². The molecular formula is C22H40B6N8. The average molecular weight is 481 g/mol. The summed E-state index contributed by atoms with van der Waals surface area (Å²) < 4.78 is 4.20. The summed E-state index contributed by atoms with van der Waals surface area (Å²) in [6, 6.07) is 0. The van der Waals surface area contributed by atoms with Gasteiger partial charge in [0.15, 0.2) is 5.82 Å². The zero-order valence-electron chi connectivity index (χ0n) is 24.2. The maximum atomic E-state index is 4.96. The molecule has 3 aromatic heterocycles. The van der Waals surface area contributed by atoms with Gasteiger partial charge in [-0.25, -0.2) is 9.97 Å². The SMILES string of the molecule is BC(B)(B)N(CCCCCn1nc(C)c2c1CCN(c1nc(C)nc3c(C)nn(C)c13)C2)C(B)(B)B. The molecule has 186 valence electrons. The highest BCUT2D eigenvalue weighted by Gasteiger charge is 2.30. The van der Waals surface area contributed by atoms with E-state index < -0.39 is 0 Å². The maximum Gasteiger partial charge on any atom is 0.158 e. The van der Waals surface area contributed by atoms with E-state index in [1.807, 2.05) is 25.6 Å². The number of fused-ring (bicyclic) bond motifs is 2. The third kappa shape index (κ3) is 5.43. The number of unbranched alkanes of at least 4 members (excludes halogenated alkanes) is 2. The second-order valence-corrected chi connectivity index (χ2v) is 12.5. The van der Waals surface area contributed by atoms with Gasteiger partial charge in [-0.3, -0.25) is 9.36 Å². The van der Waals surface area contributed by atoms with Crippen molar-refractivity contribution in [2.45, 2.75) is 70.0 Å². The minimum absolute atomic E-state index is 0.185. The zero-order chi connectivity index (χ0) is 26.4. The van der Waals surface area contributed by atoms with E-state index >= 15 is 0 Å². The van der Waals surface area contributed by atoms with Gasteiger partial charge in [-0.15, -0.1) is 0 Å². The molecular weight excluding hydrogens is 441 g/mol. The first-order valence-electron chi connectivity index (χ1n) is 13.5. The molecule has 0 aromatic carbocycles. The minimum Gasteiger partial charge on any atom is -0.350 e. The second-order valence-electron chi connectivity index (χ2n) is 12.5. The zero-order valence-corrected chi connectivity index (χ0v) is 24.2. The monoisotopic (exact) mass is 482 g/mol. The van der Waals surface area contributed by atoms with Crippen LogP contribution in [0.25, 0.3) is 11.0 Å². The summed E-state index contributed by atoms with van der Waals surface area (Å²) in [6.07, 6.45) is 4.59. The van der Waals surface area contributed by atoms with Crippen LogP contribution in [0.3, 0.4) is 0 Å². The molecule has 0 N–H and O–H groups in total. The van der Waals surface area contributed by atoms with Crippen LogP contribution in [0.15, 0.2) is 0 Å². The van der Waals surface area contributed by atoms with E-state index in [0.717, 1.165) is 66.7 Å². The number of hydrogen-bond donors (Lipinski definition) is 0. The first-order valence-corrected chi connectivity index (χ1v) is 13.5. The Morgan fingerprint density at radius 3 is 2.25 bits per heavy atom. The third-order valence-electron chi connectivity index (χ3n) is 7.45. The summed E-state index contributed by atoms with van der Waals surface area (Å²) in [5.74, 6) is 1.78. The van der Waals surface area contributed by atoms with Gasteiger partial charge in [0.05, 0.1) is 11.4 Å². The van der Waals surface area contributed by atoms with Gasteiger partial charge >= 0.3 is 0 Å². The molecule has 0 aliphatic carbocycles. The Bertz CT molecular complexity index is 1230. The lowest BCUT2D eigenvalue weighted by atomic mass is 9.40. The van der Waals surface area contributed by atoms with Crippen molar-refractivity contribution in [1.82, 2.24) is 34.4 Å². The highest BCUT2D eigenvalue weighted by molar-refractivity contribution is 6.63. The Morgan fingerprint density at radius 2 is 1.58 bits per heavy atom. The smallest absolute Gasteiger partial charge is 0.158 e. The first-order chi connectivity index (χ1) is 16.8. The van der Waals surface area contributed by atoms with E-state index in [-0.39, 0.29) is 10.5 Å². The van der Waals surface area contributed by atoms with Crippen LogP contribution in [0.4, 0.5) is 5.82 Å². The molecule has 4 rings (SSSR count). The van der Waals surface area contributed by atoms with Gasteiger partial charge in [0.2, 0.25) is 0 Å². The van der Waals surface area contributed by atoms with Crippen molar-refractivity contribution in [1.29, 1.82) is 0 Å². The molecule has 0 bridgehead atoms. The molecule has 8 nitrogen and oxygen atoms in total. The summed E-state index contributed by atoms with van der Waals surface area (Å²) in [7, 11) is 15.9. The number of hydrogen-bond acceptors (Lipinski definition) is 6. The lowest BCUT2D eigenvalue weighted by Crippen LogP contribution is -2.63. The fourth-order valence-corrected chi connectivity index (χ4v) is 6.06. The molecule has 14 heteroatoms. The molecule has 0 amide bonds. The van der Waals surface area contributed by atoms with Gasteiger partial charge in [-0.05, 0) is 40.2 Å². The average Bonchev–Trinajstić information content (AvgIpc) is 3.23. The molecule has 36 heavy (non-hydrogen) atoms. The van der Waals surface area contributed by atoms with Crippen LogP contribution in [0.1, 0.15) is 47.7 Å². The lowest BCUT2D eigenvalue weighted by Gasteiger charge is -2.47. The van der Waals surface area contributed by atoms with Crippen LogP contribution in [0.5, 0.6) is 0 Å². The van der Waals surface area contributed by atoms with Gasteiger partial charge in [0.1, 0.15) is 63.9 Å². The molecule has 0 unspecified atom stereocenters. The van der Waals surface area contributed by atoms with Gasteiger partial charge in [-0.1, -0.05) is 16.9 Å². The highest BCUT2D eigenvalue weighted by atomic mass is 15.3. The van der Waals surface area contributed by atoms with Crippen molar-refractivity contribution < 1.29 is 0 Å². The Hall–Kier alpha value is -2.09. The number of nitrogens with zero attached hydrogens (tertiary/aromatic N) is 8. The molecule has 3 aromatic rings. The Morgan fingerprint density at radius 1 is 0.889 bits per heavy atom. The van der Waals surface area contributed by atoms with E-state index in [2.05, 4.69) is 78.6 Å². The maximum absolute atomic E-state index is 4.96. The van der Waals surface area contributed by atoms with Crippen molar-refractivity contribution in [3.05, 3.63) is 28.5 Å². The van der Waals surface area contributed by atoms with Gasteiger partial charge in [-0.2, -0.15) is 10.2 Å². The van der Waals surface area contributed by atoms with Crippen LogP contribution in [0, 0.1) is 20.8 Å². The third-order valence-corrected chi connectivity index (χ3v) is 7.45. The van der Waals surface area contributed by atoms with E-state index in [1.165, 1.54) is 30.5 Å². The van der Waals surface area contributed by atoms with Crippen LogP contribution < -0.4 is 4.90 Å². The molecule has 1 aliphatic rings. The topological polar surface area (TPSA) is 67.9 Å². The van der Waals surface area contributed by atoms with Crippen molar-refractivity contribution in [2.24, 2.45) is 7.05 Å². The van der Waals surface area contributed by atoms with Crippen molar-refractivity contribution in [2.75, 3.05) is 18.0 Å². The van der Waals surface area contributed by atoms with E-state index in [0.29, 0.717) is 0 Å². The van der Waals surface area contributed by atoms with Gasteiger partial charge < -0.3 is 9.80 Å². The number of aromatic nitrogens is 6. The van der Waals surface area contributed by atoms with Crippen LogP contribution in [-0.2, 0) is 26.6 Å². The molecule has 0 saturated carbocycles. The fourth-order valence-electron chi connectivity index (χ4n) is 6.06. The summed E-state index contributed by atoms with van der Waals surface area (Å²) in [4.78, 5) is 14.5. The largest absolute Gasteiger partial charge is 0.350 e. The summed E-state index contributed by atoms with van der Waals surface area (Å²) >= 11 is 0. The standard InChI is InChI=1S/C22H40B6N8/c1-13-16-12-34(20-19-18(29-15(3)30-20)14(2)31-33(19)4)11-8-17(16)35(32-13)9-6-5-7-10-36(21(23,24)25)22(26,27)28/h5-12,23-28H2,1-4H3. The molecule has 1 aliphatic heterocycles. The van der Waals surface area contributed by atoms with E-state index in [4.69, 9.17) is 10.1 Å². The molecule has 0 atom stereocenters. The van der Waals surface area contributed by atoms with Crippen LogP contribution in [-0.4, -0.2) is 105 Å². The Balaban J connectivity index is 1.42. The summed E-state index contributed by atoms with van der Waals surface area (Å²) in [5, 5.41) is 9.94. The van der Waals surface area contributed by atoms with Crippen LogP contribution in [0.2, 0.25) is 0 Å². The highest BCUT2D eigenvalue weighted by Crippen LogP contribution is 2.31. The van der Waals surface area contributed by atoms with Crippen LogP contribution >= 0.6 is 0 Å². The minimum atomic E-state index is 0.185. The van der Waals surface area contributed by atoms with E-state index in [9.17, 15) is 0 Å². The lowest BCUT2D eigenvalue weighted by molar-refractivity contribution is 0.264. The number of rotatable bonds is 9. The molecule has 0 fully saturated rings. The fraction of sp³-hybridized carbons (Fsp3) is 0.636. The van der Waals surface area contributed by atoms with Gasteiger partial charge in [0, 0.05) is 44.4 Å². The molecule has 0 saturated heterocycles. The first kappa shape index (κ1) is 27.0. The molecule has 0 spiro atoms. The number of aryl methyl sites for hydroxylation is 5. The summed E-state index contributed by atoms with van der Waals surface area (Å²) in [6.45, 7) is 10.0. The number of anilines is 1. The van der Waals surface area contributed by atoms with E-state index in [1.54, 1.807) is 0 Å². The normalized spacial score (nSPS) is 14.6. The predicted octanol–water partition coefficient (Wildman–Crippen LogP) is -3.46. The van der Waals surface area contributed by atoms with Crippen molar-refractivity contribution >= 4 is 63.9 Å². The second kappa shape index (κ2) is 9.99. The quantitative estimate of drug-likeness (QED) is 0.234. The molecule has 0 radical (unpaired) electrons. The van der Waals surface area contributed by atoms with Crippen molar-refractivity contribution in [3.63, 3.8) is 0 Å². The summed E-state index contributed by atoms with van der Waals surface area (Å²) in [5.41, 5.74) is 6.83. The Kier molecular flexibility index (Phi) is 7.48. The molecule has 4 heterocycles. The predicted molar refractivity (Wildman–Crippen MR) is 165 cm³/mol. The van der Waals surface area contributed by atoms with Crippen molar-refractivity contribution in [3.8, 4) is 0 Å². The Labute approximate surface area is 221 Å².